The van der Waals surface area contributed by atoms with Gasteiger partial charge in [-0.1, -0.05) is 0 Å². The molecule has 0 aliphatic carbocycles. The molecule has 0 aromatic heterocycles. The number of benzene rings is 1. The Balaban J connectivity index is 2.41. The van der Waals surface area contributed by atoms with E-state index in [1.165, 1.54) is 12.1 Å². The second kappa shape index (κ2) is 3.84. The van der Waals surface area contributed by atoms with Gasteiger partial charge >= 0.3 is 0 Å². The standard InChI is InChI=1S/C9H9FN2S2/c1-6-9(12-14(11)13-6)7-2-4-8(10)5-3-7/h2-5H,1H3,(H2,11,12). The quantitative estimate of drug-likeness (QED) is 0.751. The maximum absolute atomic E-state index is 12.7. The van der Waals surface area contributed by atoms with Gasteiger partial charge < -0.3 is 0 Å². The first-order chi connectivity index (χ1) is 6.66. The van der Waals surface area contributed by atoms with Crippen molar-refractivity contribution in [1.29, 1.82) is 0 Å². The van der Waals surface area contributed by atoms with Crippen molar-refractivity contribution in [3.8, 4) is 0 Å². The molecule has 0 bridgehead atoms. The lowest BCUT2D eigenvalue weighted by Crippen LogP contribution is -1.91. The maximum atomic E-state index is 12.7. The van der Waals surface area contributed by atoms with E-state index in [-0.39, 0.29) is 5.82 Å². The third kappa shape index (κ3) is 1.89. The van der Waals surface area contributed by atoms with Gasteiger partial charge in [0.05, 0.1) is 5.70 Å². The minimum absolute atomic E-state index is 0.232. The van der Waals surface area contributed by atoms with Gasteiger partial charge in [0.25, 0.3) is 0 Å². The van der Waals surface area contributed by atoms with E-state index in [1.54, 1.807) is 22.9 Å². The smallest absolute Gasteiger partial charge is 0.123 e. The number of hydrogen-bond acceptors (Lipinski definition) is 3. The Hall–Kier alpha value is -0.650. The van der Waals surface area contributed by atoms with Crippen LogP contribution in [0.25, 0.3) is 5.70 Å². The van der Waals surface area contributed by atoms with E-state index in [2.05, 4.69) is 4.36 Å². The van der Waals surface area contributed by atoms with Crippen LogP contribution < -0.4 is 5.14 Å². The molecule has 0 amide bonds. The Labute approximate surface area is 88.0 Å². The second-order valence-electron chi connectivity index (χ2n) is 2.86. The van der Waals surface area contributed by atoms with Crippen molar-refractivity contribution in [2.24, 2.45) is 9.50 Å². The van der Waals surface area contributed by atoms with Gasteiger partial charge in [-0.2, -0.15) is 0 Å². The van der Waals surface area contributed by atoms with E-state index in [1.807, 2.05) is 6.92 Å². The molecule has 74 valence electrons. The van der Waals surface area contributed by atoms with E-state index in [4.69, 9.17) is 5.14 Å². The Bertz CT molecular complexity index is 423. The highest BCUT2D eigenvalue weighted by molar-refractivity contribution is 8.71. The van der Waals surface area contributed by atoms with E-state index in [9.17, 15) is 4.39 Å². The molecule has 2 nitrogen and oxygen atoms in total. The molecule has 2 rings (SSSR count). The number of hydrogen-bond donors (Lipinski definition) is 1. The van der Waals surface area contributed by atoms with Gasteiger partial charge in [-0.05, 0) is 42.0 Å². The summed E-state index contributed by atoms with van der Waals surface area (Å²) < 4.78 is 17.0. The first-order valence-corrected chi connectivity index (χ1v) is 6.60. The maximum Gasteiger partial charge on any atom is 0.123 e. The Morgan fingerprint density at radius 1 is 1.36 bits per heavy atom. The average molecular weight is 228 g/mol. The Kier molecular flexibility index (Phi) is 2.71. The molecule has 14 heavy (non-hydrogen) atoms. The number of allylic oxidation sites excluding steroid dienone is 1. The van der Waals surface area contributed by atoms with Crippen LogP contribution >= 0.6 is 10.8 Å². The summed E-state index contributed by atoms with van der Waals surface area (Å²) >= 11 is 0. The van der Waals surface area contributed by atoms with E-state index in [0.717, 1.165) is 16.2 Å². The van der Waals surface area contributed by atoms with Crippen molar-refractivity contribution in [1.82, 2.24) is 0 Å². The number of halogens is 1. The van der Waals surface area contributed by atoms with Crippen LogP contribution in [0.2, 0.25) is 0 Å². The zero-order valence-electron chi connectivity index (χ0n) is 7.53. The molecule has 1 heterocycles. The number of nitrogens with two attached hydrogens (primary N) is 1. The molecule has 1 unspecified atom stereocenters. The molecule has 0 spiro atoms. The third-order valence-electron chi connectivity index (χ3n) is 1.84. The summed E-state index contributed by atoms with van der Waals surface area (Å²) in [6.07, 6.45) is 0. The highest BCUT2D eigenvalue weighted by atomic mass is 33.1. The first kappa shape index (κ1) is 9.89. The van der Waals surface area contributed by atoms with Crippen LogP contribution in [0.15, 0.2) is 33.5 Å². The normalized spacial score (nSPS) is 21.2. The minimum Gasteiger partial charge on any atom is -0.259 e. The van der Waals surface area contributed by atoms with E-state index < -0.39 is 9.91 Å². The van der Waals surface area contributed by atoms with Gasteiger partial charge in [-0.25, -0.2) is 8.75 Å². The van der Waals surface area contributed by atoms with Crippen LogP contribution in [0.4, 0.5) is 4.39 Å². The molecule has 0 radical (unpaired) electrons. The summed E-state index contributed by atoms with van der Waals surface area (Å²) in [5.74, 6) is -0.232. The van der Waals surface area contributed by atoms with Crippen LogP contribution in [-0.4, -0.2) is 0 Å². The molecule has 0 fully saturated rings. The molecule has 2 N–H and O–H groups in total. The highest BCUT2D eigenvalue weighted by Crippen LogP contribution is 2.36. The van der Waals surface area contributed by atoms with Crippen molar-refractivity contribution in [2.45, 2.75) is 6.92 Å². The van der Waals surface area contributed by atoms with Gasteiger partial charge in [0.15, 0.2) is 0 Å². The minimum atomic E-state index is -0.465. The van der Waals surface area contributed by atoms with Crippen molar-refractivity contribution in [3.05, 3.63) is 40.6 Å². The van der Waals surface area contributed by atoms with Gasteiger partial charge in [0.1, 0.15) is 5.82 Å². The van der Waals surface area contributed by atoms with Crippen LogP contribution in [0.3, 0.4) is 0 Å². The van der Waals surface area contributed by atoms with E-state index in [0.29, 0.717) is 0 Å². The molecule has 1 aliphatic heterocycles. The highest BCUT2D eigenvalue weighted by Gasteiger charge is 2.13. The zero-order valence-corrected chi connectivity index (χ0v) is 9.16. The number of nitrogens with zero attached hydrogens (tertiary/aromatic N) is 1. The summed E-state index contributed by atoms with van der Waals surface area (Å²) in [4.78, 5) is 1.10. The summed E-state index contributed by atoms with van der Waals surface area (Å²) in [6.45, 7) is 1.98. The first-order valence-electron chi connectivity index (χ1n) is 4.02. The van der Waals surface area contributed by atoms with E-state index >= 15 is 0 Å². The fourth-order valence-corrected chi connectivity index (χ4v) is 3.56. The van der Waals surface area contributed by atoms with Crippen LogP contribution in [-0.2, 0) is 9.91 Å². The Morgan fingerprint density at radius 3 is 2.50 bits per heavy atom. The molecular formula is C9H9FN2S2. The van der Waals surface area contributed by atoms with Gasteiger partial charge in [0.2, 0.25) is 0 Å². The topological polar surface area (TPSA) is 38.4 Å². The lowest BCUT2D eigenvalue weighted by molar-refractivity contribution is 0.627. The molecule has 1 atom stereocenters. The van der Waals surface area contributed by atoms with Gasteiger partial charge in [-0.3, -0.25) is 5.14 Å². The summed E-state index contributed by atoms with van der Waals surface area (Å²) in [6, 6.07) is 6.31. The van der Waals surface area contributed by atoms with Crippen LogP contribution in [0, 0.1) is 5.82 Å². The van der Waals surface area contributed by atoms with Crippen molar-refractivity contribution in [3.63, 3.8) is 0 Å². The summed E-state index contributed by atoms with van der Waals surface area (Å²) in [7, 11) is 1.09. The van der Waals surface area contributed by atoms with Crippen LogP contribution in [0.1, 0.15) is 12.5 Å². The lowest BCUT2D eigenvalue weighted by atomic mass is 10.1. The van der Waals surface area contributed by atoms with Crippen LogP contribution in [0.5, 0.6) is 0 Å². The predicted molar refractivity (Wildman–Crippen MR) is 60.6 cm³/mol. The molecule has 1 aliphatic rings. The molecule has 1 aromatic rings. The second-order valence-corrected chi connectivity index (χ2v) is 5.90. The summed E-state index contributed by atoms with van der Waals surface area (Å²) in [5, 5.41) is 5.69. The zero-order chi connectivity index (χ0) is 10.1. The molecule has 1 aromatic carbocycles. The fraction of sp³-hybridized carbons (Fsp3) is 0.111. The predicted octanol–water partition coefficient (Wildman–Crippen LogP) is 2.85. The van der Waals surface area contributed by atoms with Crippen molar-refractivity contribution >= 4 is 26.4 Å². The summed E-state index contributed by atoms with van der Waals surface area (Å²) in [5.41, 5.74) is 1.82. The lowest BCUT2D eigenvalue weighted by Gasteiger charge is -1.99. The molecule has 0 saturated carbocycles. The number of rotatable bonds is 1. The van der Waals surface area contributed by atoms with Gasteiger partial charge in [0, 0.05) is 20.4 Å². The SMILES string of the molecule is CC1=C(c2ccc(F)cc2)N=S(N)S1. The fourth-order valence-electron chi connectivity index (χ4n) is 1.20. The monoisotopic (exact) mass is 228 g/mol. The molecule has 0 saturated heterocycles. The molecular weight excluding hydrogens is 219 g/mol. The largest absolute Gasteiger partial charge is 0.259 e. The Morgan fingerprint density at radius 2 is 2.00 bits per heavy atom. The molecule has 5 heteroatoms. The third-order valence-corrected chi connectivity index (χ3v) is 4.31. The van der Waals surface area contributed by atoms with Crippen molar-refractivity contribution < 1.29 is 4.39 Å². The van der Waals surface area contributed by atoms with Gasteiger partial charge in [-0.15, -0.1) is 0 Å². The van der Waals surface area contributed by atoms with Crippen molar-refractivity contribution in [2.75, 3.05) is 0 Å². The average Bonchev–Trinajstić information content (AvgIpc) is 2.47.